The number of fused-ring (bicyclic) bond motifs is 4. The van der Waals surface area contributed by atoms with Crippen LogP contribution in [0.5, 0.6) is 0 Å². The quantitative estimate of drug-likeness (QED) is 0.126. The molecule has 0 spiro atoms. The van der Waals surface area contributed by atoms with E-state index < -0.39 is 90.0 Å². The fourth-order valence-corrected chi connectivity index (χ4v) is 58.7. The number of nitrogens with two attached hydrogens (primary N) is 2. The van der Waals surface area contributed by atoms with Crippen LogP contribution in [-0.4, -0.2) is 90.0 Å². The molecule has 0 radical (unpaired) electrons. The van der Waals surface area contributed by atoms with Gasteiger partial charge in [-0.3, -0.25) is 0 Å². The van der Waals surface area contributed by atoms with Gasteiger partial charge in [0.25, 0.3) is 10.0 Å². The van der Waals surface area contributed by atoms with Crippen molar-refractivity contribution < 1.29 is 53.5 Å². The minimum atomic E-state index is -5.25. The Labute approximate surface area is 477 Å². The molecule has 9 aromatic rings. The summed E-state index contributed by atoms with van der Waals surface area (Å²) in [6, 6.07) is 82.6. The van der Waals surface area contributed by atoms with Crippen molar-refractivity contribution in [2.75, 3.05) is 11.5 Å². The van der Waals surface area contributed by atoms with Crippen molar-refractivity contribution in [2.24, 2.45) is 0 Å². The molecule has 13 rings (SSSR count). The lowest BCUT2D eigenvalue weighted by Crippen LogP contribution is -2.92. The largest absolute Gasteiger partial charge is 0.644 e. The molecule has 4 saturated heterocycles. The van der Waals surface area contributed by atoms with Gasteiger partial charge in [0, 0.05) is 42.5 Å². The van der Waals surface area contributed by atoms with E-state index in [1.807, 2.05) is 261 Å². The first kappa shape index (κ1) is 53.5. The summed E-state index contributed by atoms with van der Waals surface area (Å²) in [5.41, 5.74) is 14.5. The van der Waals surface area contributed by atoms with Crippen LogP contribution in [0.15, 0.2) is 261 Å². The van der Waals surface area contributed by atoms with Crippen LogP contribution in [0.2, 0.25) is 6.55 Å². The Hall–Kier alpha value is -5.77. The number of hydrogen-bond donors (Lipinski definition) is 2. The van der Waals surface area contributed by atoms with E-state index in [0.29, 0.717) is 42.5 Å². The maximum atomic E-state index is 8.32. The van der Waals surface area contributed by atoms with Crippen LogP contribution >= 0.6 is 0 Å². The Morgan fingerprint density at radius 1 is 0.350 bits per heavy atom. The molecule has 80 heavy (non-hydrogen) atoms. The smallest absolute Gasteiger partial charge is 0.399 e. The third-order valence-corrected chi connectivity index (χ3v) is 51.8. The second-order valence-corrected chi connectivity index (χ2v) is 46.8. The monoisotopic (exact) mass is 1230 g/mol. The van der Waals surface area contributed by atoms with E-state index in [4.69, 9.17) is 65.0 Å². The molecule has 4 aliphatic rings. The maximum Gasteiger partial charge on any atom is 0.644 e. The molecule has 0 saturated carbocycles. The molecule has 4 N–H and O–H groups in total. The van der Waals surface area contributed by atoms with E-state index in [0.717, 1.165) is 15.6 Å². The van der Waals surface area contributed by atoms with E-state index in [1.165, 1.54) is 0 Å². The summed E-state index contributed by atoms with van der Waals surface area (Å²) in [5, 5.41) is 5.62. The third-order valence-electron chi connectivity index (χ3n) is 14.1. The summed E-state index contributed by atoms with van der Waals surface area (Å²) in [6.45, 7) is 2.06. The molecule has 0 amide bonds. The van der Waals surface area contributed by atoms with Crippen molar-refractivity contribution in [3.8, 4) is 0 Å². The highest BCUT2D eigenvalue weighted by Gasteiger charge is 2.82. The lowest BCUT2D eigenvalue weighted by Gasteiger charge is -2.58. The highest BCUT2D eigenvalue weighted by molar-refractivity contribution is 7.11. The first-order chi connectivity index (χ1) is 39.0. The van der Waals surface area contributed by atoms with Gasteiger partial charge in [-0.05, 0) is 46.4 Å². The summed E-state index contributed by atoms with van der Waals surface area (Å²) in [4.78, 5) is 0. The molecule has 4 unspecified atom stereocenters. The zero-order valence-electron chi connectivity index (χ0n) is 43.2. The van der Waals surface area contributed by atoms with E-state index in [2.05, 4.69) is 6.55 Å². The molecule has 9 aromatic carbocycles. The van der Waals surface area contributed by atoms with Crippen molar-refractivity contribution in [3.05, 3.63) is 261 Å². The third kappa shape index (κ3) is 9.92. The van der Waals surface area contributed by atoms with Gasteiger partial charge in [-0.2, -0.15) is 0 Å². The van der Waals surface area contributed by atoms with Gasteiger partial charge in [-0.25, -0.2) is 0 Å². The number of anilines is 2. The van der Waals surface area contributed by atoms with Crippen LogP contribution in [-0.2, 0) is 53.5 Å². The fourth-order valence-electron chi connectivity index (χ4n) is 10.2. The van der Waals surface area contributed by atoms with E-state index in [-0.39, 0.29) is 0 Å². The molecule has 4 fully saturated rings. The van der Waals surface area contributed by atoms with E-state index in [1.54, 1.807) is 0 Å². The first-order valence-electron chi connectivity index (χ1n) is 26.0. The Bertz CT molecular complexity index is 3460. The zero-order valence-corrected chi connectivity index (χ0v) is 54.0. The van der Waals surface area contributed by atoms with Gasteiger partial charge >= 0.3 is 61.9 Å². The predicted molar refractivity (Wildman–Crippen MR) is 327 cm³/mol. The Kier molecular flexibility index (Phi) is 14.4. The molecule has 0 aliphatic carbocycles. The molecule has 4 heterocycles. The minimum absolute atomic E-state index is 0.486. The van der Waals surface area contributed by atoms with Crippen molar-refractivity contribution in [3.63, 3.8) is 0 Å². The van der Waals surface area contributed by atoms with Gasteiger partial charge in [0.1, 0.15) is 0 Å². The fraction of sp³-hybridized carbons (Fsp3) is 0.0182. The molecule has 4 aliphatic heterocycles. The highest BCUT2D eigenvalue weighted by atomic mass is 28.6. The topological polar surface area (TPSA) is 172 Å². The number of benzene rings is 9. The number of nitrogen functional groups attached to an aromatic ring is 2. The molecule has 4 atom stereocenters. The standard InChI is InChI=1S/C55H54N2O13Si10/c1-73(54-41-23-25-45(56)43-54,55-42-24-26-46(57)44-55)61-80(58-71-47-27-9-2-10-28-47)69-78(52-37-19-7-20-38-52)64-74(48-29-11-3-12-30-48)59-72-60-75(49-31-13-4-14-32-49)63-76(62-74,50-33-15-5-16-34-50)66-77(67-78,51-35-17-6-18-36-51)68-79(65-75,70-80)53-39-21-8-22-40-53/h2-44H,56-57,71-72H2,1H3. The van der Waals surface area contributed by atoms with Crippen LogP contribution in [0, 0.1) is 0 Å². The van der Waals surface area contributed by atoms with Crippen molar-refractivity contribution in [1.29, 1.82) is 0 Å². The lowest BCUT2D eigenvalue weighted by atomic mass is 10.3. The Balaban J connectivity index is 1.20. The molecular formula is C55H54N2O13Si10. The van der Waals surface area contributed by atoms with Crippen LogP contribution in [0.25, 0.3) is 0 Å². The SMILES string of the molecule is C[Si](O[Si]1(O[SiH2]c2ccccc2)O[Si]2(c3ccccc3)O[Si]3(c4ccccc4)O[SiH2]O[Si]4(c5ccccc5)O[Si](c5ccccc5)(O1)O[Si](c1ccccc1)(O2)O[Si](c1ccccc1)(O3)O4)(c1cccc(N)c1)c1cccc(N)c1. The first-order valence-corrected chi connectivity index (χ1v) is 42.8. The summed E-state index contributed by atoms with van der Waals surface area (Å²) < 4.78 is 105. The van der Waals surface area contributed by atoms with Crippen LogP contribution in [0.4, 0.5) is 11.4 Å². The number of hydrogen-bond acceptors (Lipinski definition) is 15. The Morgan fingerprint density at radius 3 is 0.963 bits per heavy atom. The average Bonchev–Trinajstić information content (AvgIpc) is 3.61. The van der Waals surface area contributed by atoms with Crippen molar-refractivity contribution in [1.82, 2.24) is 0 Å². The number of rotatable bonds is 13. The van der Waals surface area contributed by atoms with E-state index >= 15 is 0 Å². The zero-order chi connectivity index (χ0) is 54.4. The van der Waals surface area contributed by atoms with Gasteiger partial charge in [-0.15, -0.1) is 0 Å². The van der Waals surface area contributed by atoms with Crippen molar-refractivity contribution in [2.45, 2.75) is 6.55 Å². The van der Waals surface area contributed by atoms with E-state index in [9.17, 15) is 0 Å². The summed E-state index contributed by atoms with van der Waals surface area (Å²) in [5.74, 6) is 0. The normalized spacial score (nSPS) is 28.8. The highest BCUT2D eigenvalue weighted by Crippen LogP contribution is 2.44. The van der Waals surface area contributed by atoms with Gasteiger partial charge < -0.3 is 65.0 Å². The van der Waals surface area contributed by atoms with Gasteiger partial charge in [0.05, 0.1) is 0 Å². The summed E-state index contributed by atoms with van der Waals surface area (Å²) in [6.07, 6.45) is 0. The minimum Gasteiger partial charge on any atom is -0.399 e. The molecule has 0 aromatic heterocycles. The lowest BCUT2D eigenvalue weighted by molar-refractivity contribution is 0.0120. The predicted octanol–water partition coefficient (Wildman–Crippen LogP) is 1.73. The maximum absolute atomic E-state index is 8.32. The molecular weight excluding hydrogens is 1180 g/mol. The second-order valence-electron chi connectivity index (χ2n) is 19.5. The second kappa shape index (κ2) is 21.5. The molecule has 402 valence electrons. The summed E-state index contributed by atoms with van der Waals surface area (Å²) in [7, 11) is -42.4. The van der Waals surface area contributed by atoms with Crippen LogP contribution < -0.4 is 58.1 Å². The Morgan fingerprint density at radius 2 is 0.637 bits per heavy atom. The molecule has 25 heteroatoms. The van der Waals surface area contributed by atoms with Crippen molar-refractivity contribution >= 4 is 148 Å². The van der Waals surface area contributed by atoms with Crippen LogP contribution in [0.1, 0.15) is 0 Å². The van der Waals surface area contributed by atoms with Gasteiger partial charge in [-0.1, -0.05) is 237 Å². The van der Waals surface area contributed by atoms with Gasteiger partial charge in [0.15, 0.2) is 9.76 Å². The van der Waals surface area contributed by atoms with Crippen LogP contribution in [0.3, 0.4) is 0 Å². The molecule has 6 bridgehead atoms. The summed E-state index contributed by atoms with van der Waals surface area (Å²) >= 11 is 0. The average molecular weight is 1230 g/mol. The molecule has 15 nitrogen and oxygen atoms in total. The van der Waals surface area contributed by atoms with Gasteiger partial charge in [0.2, 0.25) is 8.32 Å².